The monoisotopic (exact) mass is 561 g/mol. The first kappa shape index (κ1) is 24.0. The molecule has 0 bridgehead atoms. The summed E-state index contributed by atoms with van der Waals surface area (Å²) in [6.07, 6.45) is 3.40. The fraction of sp³-hybridized carbons (Fsp3) is 0.100. The Bertz CT molecular complexity index is 1360. The van der Waals surface area contributed by atoms with E-state index in [1.807, 2.05) is 18.2 Å². The molecule has 1 heterocycles. The second-order valence-corrected chi connectivity index (χ2v) is 18.1. The number of hydrogen-bond acceptors (Lipinski definition) is 2. The number of methoxy groups -OCH3 is 1. The molecule has 0 fully saturated rings. The molecule has 5 heteroatoms. The van der Waals surface area contributed by atoms with Crippen LogP contribution in [0, 0.1) is 0 Å². The number of fused-ring (bicyclic) bond motifs is 1. The minimum atomic E-state index is -3.06. The second-order valence-electron chi connectivity index (χ2n) is 8.63. The molecule has 4 aromatic carbocycles. The standard InChI is InChI=1S/C30H26BrClNOP/c1-34-23-17-18-30-28(21-23)27(29(32)22-33-30)19-20-35(31,24-11-5-2-6-12-24,25-13-7-3-8-14-25)26-15-9-4-10-16-26/h2-18,21-22H,19-20H2,1H3. The van der Waals surface area contributed by atoms with Gasteiger partial charge in [0, 0.05) is 0 Å². The van der Waals surface area contributed by atoms with Crippen molar-refractivity contribution in [2.24, 2.45) is 0 Å². The predicted molar refractivity (Wildman–Crippen MR) is 156 cm³/mol. The van der Waals surface area contributed by atoms with E-state index in [9.17, 15) is 0 Å². The molecule has 1 aromatic heterocycles. The summed E-state index contributed by atoms with van der Waals surface area (Å²) in [5, 5.41) is 2.54. The van der Waals surface area contributed by atoms with E-state index in [-0.39, 0.29) is 0 Å². The van der Waals surface area contributed by atoms with E-state index >= 15 is 0 Å². The van der Waals surface area contributed by atoms with Gasteiger partial charge in [-0.25, -0.2) is 0 Å². The van der Waals surface area contributed by atoms with Gasteiger partial charge in [-0.05, 0) is 0 Å². The van der Waals surface area contributed by atoms with Crippen molar-refractivity contribution >= 4 is 59.2 Å². The van der Waals surface area contributed by atoms with Gasteiger partial charge in [0.05, 0.1) is 0 Å². The van der Waals surface area contributed by atoms with E-state index in [0.29, 0.717) is 5.02 Å². The third-order valence-electron chi connectivity index (χ3n) is 6.80. The van der Waals surface area contributed by atoms with Crippen molar-refractivity contribution in [3.63, 3.8) is 0 Å². The molecule has 0 saturated heterocycles. The maximum absolute atomic E-state index is 6.81. The SMILES string of the molecule is COc1ccc2ncc(Cl)c(CCP(Br)(c3ccccc3)(c3ccccc3)c3ccccc3)c2c1. The van der Waals surface area contributed by atoms with Crippen molar-refractivity contribution in [2.45, 2.75) is 6.42 Å². The summed E-state index contributed by atoms with van der Waals surface area (Å²) in [6, 6.07) is 38.5. The third-order valence-corrected chi connectivity index (χ3v) is 17.1. The van der Waals surface area contributed by atoms with Crippen LogP contribution in [0.15, 0.2) is 115 Å². The van der Waals surface area contributed by atoms with Gasteiger partial charge in [-0.2, -0.15) is 0 Å². The van der Waals surface area contributed by atoms with Gasteiger partial charge in [0.25, 0.3) is 0 Å². The van der Waals surface area contributed by atoms with Crippen LogP contribution in [-0.4, -0.2) is 18.3 Å². The van der Waals surface area contributed by atoms with Gasteiger partial charge in [-0.1, -0.05) is 0 Å². The first-order chi connectivity index (χ1) is 17.0. The summed E-state index contributed by atoms with van der Waals surface area (Å²) in [5.74, 6) is 0.799. The summed E-state index contributed by atoms with van der Waals surface area (Å²) in [6.45, 7) is 0. The Morgan fingerprint density at radius 2 is 1.29 bits per heavy atom. The third kappa shape index (κ3) is 4.16. The Balaban J connectivity index is 1.76. The van der Waals surface area contributed by atoms with Gasteiger partial charge in [-0.3, -0.25) is 0 Å². The minimum absolute atomic E-state index is 0.678. The first-order valence-corrected chi connectivity index (χ1v) is 16.4. The van der Waals surface area contributed by atoms with E-state index < -0.39 is 5.31 Å². The van der Waals surface area contributed by atoms with E-state index in [2.05, 4.69) is 111 Å². The molecule has 2 nitrogen and oxygen atoms in total. The molecule has 0 saturated carbocycles. The molecule has 0 N–H and O–H groups in total. The zero-order chi connectivity index (χ0) is 24.3. The molecule has 0 atom stereocenters. The molecule has 176 valence electrons. The zero-order valence-electron chi connectivity index (χ0n) is 19.4. The number of ether oxygens (including phenoxy) is 1. The van der Waals surface area contributed by atoms with Crippen LogP contribution >= 0.6 is 32.4 Å². The average molecular weight is 563 g/mol. The fourth-order valence-corrected chi connectivity index (χ4v) is 12.6. The number of rotatable bonds is 7. The quantitative estimate of drug-likeness (QED) is 0.195. The molecule has 0 amide bonds. The summed E-state index contributed by atoms with van der Waals surface area (Å²) >= 11 is 11.3. The number of nitrogens with zero attached hydrogens (tertiary/aromatic N) is 1. The molecule has 0 aliphatic carbocycles. The zero-order valence-corrected chi connectivity index (χ0v) is 22.7. The maximum atomic E-state index is 6.81. The fourth-order valence-electron chi connectivity index (χ4n) is 4.96. The molecule has 5 aromatic rings. The molecule has 35 heavy (non-hydrogen) atoms. The molecule has 5 rings (SSSR count). The predicted octanol–water partition coefficient (Wildman–Crippen LogP) is 7.28. The summed E-state index contributed by atoms with van der Waals surface area (Å²) in [5.41, 5.74) is 2.01. The average Bonchev–Trinajstić information content (AvgIpc) is 2.93. The van der Waals surface area contributed by atoms with Crippen LogP contribution in [0.2, 0.25) is 5.02 Å². The van der Waals surface area contributed by atoms with Crippen molar-refractivity contribution in [3.8, 4) is 5.75 Å². The summed E-state index contributed by atoms with van der Waals surface area (Å²) < 4.78 is 5.52. The molecule has 0 radical (unpaired) electrons. The van der Waals surface area contributed by atoms with Crippen molar-refractivity contribution < 1.29 is 4.74 Å². The molecule has 0 spiro atoms. The number of halogens is 2. The Morgan fingerprint density at radius 3 is 1.77 bits per heavy atom. The van der Waals surface area contributed by atoms with Crippen LogP contribution in [0.4, 0.5) is 0 Å². The van der Waals surface area contributed by atoms with Crippen LogP contribution in [0.1, 0.15) is 5.56 Å². The van der Waals surface area contributed by atoms with Crippen LogP contribution in [0.5, 0.6) is 5.75 Å². The number of pyridine rings is 1. The van der Waals surface area contributed by atoms with Gasteiger partial charge in [0.1, 0.15) is 0 Å². The van der Waals surface area contributed by atoms with E-state index in [1.54, 1.807) is 13.3 Å². The molecule has 0 aliphatic rings. The van der Waals surface area contributed by atoms with Crippen molar-refractivity contribution in [2.75, 3.05) is 13.3 Å². The summed E-state index contributed by atoms with van der Waals surface area (Å²) in [4.78, 5) is 4.56. The number of benzene rings is 4. The number of aryl methyl sites for hydroxylation is 1. The normalized spacial score (nSPS) is 12.7. The van der Waals surface area contributed by atoms with Crippen LogP contribution < -0.4 is 20.7 Å². The van der Waals surface area contributed by atoms with Crippen LogP contribution in [0.25, 0.3) is 10.9 Å². The molecule has 0 unspecified atom stereocenters. The number of hydrogen-bond donors (Lipinski definition) is 0. The molecule has 0 aliphatic heterocycles. The Morgan fingerprint density at radius 1 is 0.771 bits per heavy atom. The number of aromatic nitrogens is 1. The first-order valence-electron chi connectivity index (χ1n) is 11.6. The van der Waals surface area contributed by atoms with Gasteiger partial charge in [0.15, 0.2) is 0 Å². The van der Waals surface area contributed by atoms with Gasteiger partial charge < -0.3 is 0 Å². The Hall–Kier alpha value is -2.71. The van der Waals surface area contributed by atoms with E-state index in [0.717, 1.165) is 34.8 Å². The molecular weight excluding hydrogens is 537 g/mol. The van der Waals surface area contributed by atoms with Crippen LogP contribution in [-0.2, 0) is 6.42 Å². The Kier molecular flexibility index (Phi) is 6.68. The second kappa shape index (κ2) is 9.74. The topological polar surface area (TPSA) is 22.1 Å². The van der Waals surface area contributed by atoms with Crippen LogP contribution in [0.3, 0.4) is 0 Å². The van der Waals surface area contributed by atoms with E-state index in [1.165, 1.54) is 15.9 Å². The summed E-state index contributed by atoms with van der Waals surface area (Å²) in [7, 11) is 1.68. The van der Waals surface area contributed by atoms with Crippen molar-refractivity contribution in [1.29, 1.82) is 0 Å². The van der Waals surface area contributed by atoms with Crippen molar-refractivity contribution in [3.05, 3.63) is 126 Å². The van der Waals surface area contributed by atoms with Gasteiger partial charge in [-0.15, -0.1) is 0 Å². The van der Waals surface area contributed by atoms with Gasteiger partial charge >= 0.3 is 220 Å². The molecular formula is C30H26BrClNOP. The van der Waals surface area contributed by atoms with Crippen molar-refractivity contribution in [1.82, 2.24) is 4.98 Å². The van der Waals surface area contributed by atoms with Gasteiger partial charge in [0.2, 0.25) is 0 Å². The van der Waals surface area contributed by atoms with E-state index in [4.69, 9.17) is 16.3 Å². The Labute approximate surface area is 219 Å².